The molecule has 0 bridgehead atoms. The number of para-hydroxylation sites is 7. The molecule has 0 aliphatic heterocycles. The molecule has 79 heavy (non-hydrogen) atoms. The second-order valence-electron chi connectivity index (χ2n) is 21.7. The molecule has 5 heterocycles. The Kier molecular flexibility index (Phi) is 9.40. The van der Waals surface area contributed by atoms with E-state index in [9.17, 15) is 11.8 Å². The van der Waals surface area contributed by atoms with Gasteiger partial charge in [0.05, 0.1) is 92.5 Å². The van der Waals surface area contributed by atoms with Gasteiger partial charge in [0.2, 0.25) is 5.69 Å². The first kappa shape index (κ1) is 44.9. The molecule has 8 heteroatoms. The Labute approximate surface area is 454 Å². The molecule has 0 saturated carbocycles. The van der Waals surface area contributed by atoms with E-state index in [1.165, 1.54) is 10.8 Å². The van der Waals surface area contributed by atoms with E-state index in [0.29, 0.717) is 34.0 Å². The Morgan fingerprint density at radius 1 is 0.405 bits per heavy atom. The summed E-state index contributed by atoms with van der Waals surface area (Å²) in [4.78, 5) is 4.80. The zero-order valence-corrected chi connectivity index (χ0v) is 44.5. The predicted octanol–water partition coefficient (Wildman–Crippen LogP) is 18.6. The van der Waals surface area contributed by atoms with Crippen LogP contribution in [0.1, 0.15) is 5.56 Å². The lowest BCUT2D eigenvalue weighted by Gasteiger charge is -2.27. The average molecular weight is 1030 g/mol. The van der Waals surface area contributed by atoms with Gasteiger partial charge in [-0.2, -0.15) is 5.26 Å². The highest BCUT2D eigenvalue weighted by molar-refractivity contribution is 6.89. The van der Waals surface area contributed by atoms with E-state index in [-0.39, 0.29) is 0 Å². The zero-order valence-electron chi connectivity index (χ0n) is 43.5. The number of aromatic nitrogens is 4. The molecule has 5 aromatic heterocycles. The normalized spacial score (nSPS) is 12.2. The number of benzene rings is 11. The van der Waals surface area contributed by atoms with E-state index in [0.717, 1.165) is 115 Å². The van der Waals surface area contributed by atoms with Crippen LogP contribution >= 0.6 is 0 Å². The van der Waals surface area contributed by atoms with Crippen molar-refractivity contribution in [3.63, 3.8) is 0 Å². The minimum Gasteiger partial charge on any atom is -0.456 e. The second-order valence-corrected chi connectivity index (χ2v) is 26.8. The molecule has 0 N–H and O–H groups in total. The average Bonchev–Trinajstić information content (AvgIpc) is 3.30. The van der Waals surface area contributed by atoms with E-state index < -0.39 is 8.07 Å². The summed E-state index contributed by atoms with van der Waals surface area (Å²) in [5.41, 5.74) is 14.5. The number of nitrogens with zero attached hydrogens (tertiary/aromatic N) is 6. The van der Waals surface area contributed by atoms with Crippen molar-refractivity contribution in [2.45, 2.75) is 19.6 Å². The van der Waals surface area contributed by atoms with Gasteiger partial charge in [-0.05, 0) is 77.9 Å². The highest BCUT2D eigenvalue weighted by Gasteiger charge is 2.35. The molecule has 0 saturated heterocycles. The van der Waals surface area contributed by atoms with Gasteiger partial charge in [0.25, 0.3) is 0 Å². The van der Waals surface area contributed by atoms with Gasteiger partial charge >= 0.3 is 0 Å². The number of hydrogen-bond acceptors (Lipinski definition) is 2. The molecule has 0 atom stereocenters. The molecule has 11 aromatic carbocycles. The topological polar surface area (TPSA) is 61.0 Å². The maximum absolute atomic E-state index is 12.6. The number of fused-ring (bicyclic) bond motifs is 16. The largest absolute Gasteiger partial charge is 0.456 e. The summed E-state index contributed by atoms with van der Waals surface area (Å²) in [5.74, 6) is 0. The molecule has 0 spiro atoms. The molecule has 7 nitrogen and oxygen atoms in total. The molecule has 0 radical (unpaired) electrons. The summed E-state index contributed by atoms with van der Waals surface area (Å²) in [6, 6.07) is 82.1. The maximum atomic E-state index is 12.6. The third kappa shape index (κ3) is 6.15. The SMILES string of the molecule is [C-]#[N+]c1c(-n2c3ccccc3c3ccccc32)c(C#N)c(-n2c3ccccc3c3ccccc32)c(-n2c3ccc(-c4ccccc4[Si](C)(C)C)cc3c3ccc4oc5ccccc5c4c32)c1-n1c2ccccc2c2ccccc21. The van der Waals surface area contributed by atoms with Crippen LogP contribution in [0.3, 0.4) is 0 Å². The third-order valence-electron chi connectivity index (χ3n) is 16.5. The van der Waals surface area contributed by atoms with Crippen molar-refractivity contribution in [3.8, 4) is 39.9 Å². The van der Waals surface area contributed by atoms with Crippen molar-refractivity contribution in [1.82, 2.24) is 18.3 Å². The van der Waals surface area contributed by atoms with E-state index in [1.54, 1.807) is 0 Å². The molecule has 370 valence electrons. The van der Waals surface area contributed by atoms with Crippen molar-refractivity contribution in [2.24, 2.45) is 0 Å². The van der Waals surface area contributed by atoms with Gasteiger partial charge in [0.15, 0.2) is 0 Å². The van der Waals surface area contributed by atoms with Gasteiger partial charge in [0, 0.05) is 48.5 Å². The lowest BCUT2D eigenvalue weighted by Crippen LogP contribution is -2.38. The van der Waals surface area contributed by atoms with E-state index in [2.05, 4.69) is 244 Å². The maximum Gasteiger partial charge on any atom is 0.237 e. The van der Waals surface area contributed by atoms with Gasteiger partial charge in [-0.15, -0.1) is 0 Å². The van der Waals surface area contributed by atoms with Crippen molar-refractivity contribution in [3.05, 3.63) is 241 Å². The lowest BCUT2D eigenvalue weighted by molar-refractivity contribution is 0.669. The molecule has 0 amide bonds. The van der Waals surface area contributed by atoms with Crippen LogP contribution in [0, 0.1) is 17.9 Å². The molecule has 16 rings (SSSR count). The zero-order chi connectivity index (χ0) is 52.8. The Hall–Kier alpha value is -10.4. The molecule has 0 unspecified atom stereocenters. The fourth-order valence-electron chi connectivity index (χ4n) is 13.4. The fourth-order valence-corrected chi connectivity index (χ4v) is 15.0. The fraction of sp³-hybridized carbons (Fsp3) is 0.0423. The van der Waals surface area contributed by atoms with Gasteiger partial charge in [-0.3, -0.25) is 0 Å². The summed E-state index contributed by atoms with van der Waals surface area (Å²) in [6.07, 6.45) is 0. The Bertz CT molecular complexity index is 5090. The van der Waals surface area contributed by atoms with Crippen LogP contribution in [0.25, 0.3) is 148 Å². The Morgan fingerprint density at radius 2 is 0.848 bits per heavy atom. The van der Waals surface area contributed by atoms with Crippen molar-refractivity contribution < 1.29 is 4.42 Å². The lowest BCUT2D eigenvalue weighted by atomic mass is 10.0. The molecular formula is C71H46N6OSi. The van der Waals surface area contributed by atoms with Crippen LogP contribution in [0.2, 0.25) is 19.6 Å². The standard InChI is InChI=1S/C71H46N6OSi/c1-73-66-68(74-55-29-13-5-22-45(55)46-23-6-14-30-56(46)74)54(42-72)69(75-57-31-15-7-24-47(57)48-25-8-16-32-58(48)75)71(70(66)76-59-33-17-9-26-49(59)50-27-10-18-34-60(50)76)77-61-39-37-43(44-21-12-20-36-64(44)79(2,3)4)41-53(61)51-38-40-63-65(67(51)77)52-28-11-19-35-62(52)78-63/h5-41H,2-4H3. The monoisotopic (exact) mass is 1030 g/mol. The number of furan rings is 1. The first-order valence-electron chi connectivity index (χ1n) is 26.8. The van der Waals surface area contributed by atoms with E-state index in [1.807, 2.05) is 24.3 Å². The number of hydrogen-bond donors (Lipinski definition) is 0. The molecule has 0 fully saturated rings. The van der Waals surface area contributed by atoms with Crippen molar-refractivity contribution in [1.29, 1.82) is 5.26 Å². The highest BCUT2D eigenvalue weighted by Crippen LogP contribution is 2.53. The summed E-state index contributed by atoms with van der Waals surface area (Å²) < 4.78 is 16.0. The van der Waals surface area contributed by atoms with E-state index in [4.69, 9.17) is 9.26 Å². The quantitative estimate of drug-likeness (QED) is 0.123. The van der Waals surface area contributed by atoms with Gasteiger partial charge in [0.1, 0.15) is 17.2 Å². The first-order chi connectivity index (χ1) is 38.8. The molecular weight excluding hydrogens is 981 g/mol. The summed E-state index contributed by atoms with van der Waals surface area (Å²) in [6.45, 7) is 17.1. The van der Waals surface area contributed by atoms with Crippen LogP contribution in [0.4, 0.5) is 5.69 Å². The van der Waals surface area contributed by atoms with Crippen LogP contribution in [-0.4, -0.2) is 26.3 Å². The minimum absolute atomic E-state index is 0.342. The molecule has 16 aromatic rings. The van der Waals surface area contributed by atoms with Crippen LogP contribution in [-0.2, 0) is 0 Å². The highest BCUT2D eigenvalue weighted by atomic mass is 28.3. The Morgan fingerprint density at radius 3 is 1.35 bits per heavy atom. The first-order valence-corrected chi connectivity index (χ1v) is 30.3. The van der Waals surface area contributed by atoms with Gasteiger partial charge in [-0.25, -0.2) is 4.85 Å². The smallest absolute Gasteiger partial charge is 0.237 e. The third-order valence-corrected chi connectivity index (χ3v) is 18.6. The van der Waals surface area contributed by atoms with Gasteiger partial charge in [-0.1, -0.05) is 183 Å². The second kappa shape index (κ2) is 16.6. The summed E-state index contributed by atoms with van der Waals surface area (Å²) in [5, 5.41) is 24.3. The Balaban J connectivity index is 1.23. The van der Waals surface area contributed by atoms with Crippen LogP contribution < -0.4 is 5.19 Å². The number of rotatable bonds is 6. The molecule has 0 aliphatic carbocycles. The molecule has 0 aliphatic rings. The summed E-state index contributed by atoms with van der Waals surface area (Å²) >= 11 is 0. The van der Waals surface area contributed by atoms with Gasteiger partial charge < -0.3 is 22.7 Å². The van der Waals surface area contributed by atoms with E-state index >= 15 is 0 Å². The number of nitriles is 1. The van der Waals surface area contributed by atoms with Crippen molar-refractivity contribution in [2.75, 3.05) is 0 Å². The summed E-state index contributed by atoms with van der Waals surface area (Å²) in [7, 11) is -1.82. The minimum atomic E-state index is -1.82. The van der Waals surface area contributed by atoms with Crippen LogP contribution in [0.5, 0.6) is 0 Å². The predicted molar refractivity (Wildman–Crippen MR) is 330 cm³/mol. The van der Waals surface area contributed by atoms with Crippen molar-refractivity contribution >= 4 is 128 Å². The van der Waals surface area contributed by atoms with Crippen LogP contribution in [0.15, 0.2) is 229 Å².